The number of rotatable bonds is 2. The molecule has 0 spiro atoms. The molecule has 1 heterocycles. The molecule has 0 atom stereocenters. The van der Waals surface area contributed by atoms with E-state index in [-0.39, 0.29) is 0 Å². The van der Waals surface area contributed by atoms with Crippen LogP contribution in [0.3, 0.4) is 0 Å². The number of ether oxygens (including phenoxy) is 1. The number of fused-ring (bicyclic) bond motifs is 1. The lowest BCUT2D eigenvalue weighted by molar-refractivity contribution is 0.219. The van der Waals surface area contributed by atoms with Gasteiger partial charge in [0.2, 0.25) is 0 Å². The molecule has 2 aromatic rings. The molecule has 0 aromatic heterocycles. The number of benzene rings is 2. The zero-order valence-electron chi connectivity index (χ0n) is 11.6. The van der Waals surface area contributed by atoms with Crippen molar-refractivity contribution in [1.82, 2.24) is 4.90 Å². The molecule has 0 saturated heterocycles. The second-order valence-corrected chi connectivity index (χ2v) is 6.15. The van der Waals surface area contributed by atoms with E-state index in [9.17, 15) is 0 Å². The third-order valence-electron chi connectivity index (χ3n) is 3.74. The van der Waals surface area contributed by atoms with Crippen LogP contribution in [0.1, 0.15) is 16.7 Å². The maximum Gasteiger partial charge on any atom is 0.123 e. The van der Waals surface area contributed by atoms with E-state index in [1.54, 1.807) is 0 Å². The zero-order chi connectivity index (χ0) is 13.9. The van der Waals surface area contributed by atoms with Crippen molar-refractivity contribution in [3.63, 3.8) is 0 Å². The van der Waals surface area contributed by atoms with Crippen molar-refractivity contribution in [2.75, 3.05) is 13.2 Å². The molecule has 20 heavy (non-hydrogen) atoms. The molecule has 1 aliphatic rings. The summed E-state index contributed by atoms with van der Waals surface area (Å²) in [5.74, 6) is 1.03. The van der Waals surface area contributed by atoms with Gasteiger partial charge in [0, 0.05) is 29.7 Å². The van der Waals surface area contributed by atoms with Crippen molar-refractivity contribution in [2.45, 2.75) is 20.0 Å². The fourth-order valence-corrected chi connectivity index (χ4v) is 2.97. The van der Waals surface area contributed by atoms with Gasteiger partial charge in [-0.1, -0.05) is 40.2 Å². The summed E-state index contributed by atoms with van der Waals surface area (Å²) in [4.78, 5) is 2.45. The lowest BCUT2D eigenvalue weighted by atomic mass is 10.1. The van der Waals surface area contributed by atoms with E-state index in [1.807, 2.05) is 6.07 Å². The molecule has 0 saturated carbocycles. The van der Waals surface area contributed by atoms with Crippen molar-refractivity contribution in [1.29, 1.82) is 0 Å². The van der Waals surface area contributed by atoms with Gasteiger partial charge >= 0.3 is 0 Å². The van der Waals surface area contributed by atoms with E-state index < -0.39 is 0 Å². The number of nitrogens with zero attached hydrogens (tertiary/aromatic N) is 1. The first-order valence-corrected chi connectivity index (χ1v) is 7.70. The molecule has 0 N–H and O–H groups in total. The van der Waals surface area contributed by atoms with Crippen LogP contribution >= 0.6 is 15.9 Å². The molecule has 3 heteroatoms. The summed E-state index contributed by atoms with van der Waals surface area (Å²) in [7, 11) is 0. The summed E-state index contributed by atoms with van der Waals surface area (Å²) < 4.78 is 6.96. The van der Waals surface area contributed by atoms with E-state index in [4.69, 9.17) is 4.74 Å². The van der Waals surface area contributed by atoms with Gasteiger partial charge in [0.25, 0.3) is 0 Å². The smallest absolute Gasteiger partial charge is 0.123 e. The lowest BCUT2D eigenvalue weighted by Crippen LogP contribution is -2.25. The first kappa shape index (κ1) is 13.7. The lowest BCUT2D eigenvalue weighted by Gasteiger charge is -2.20. The van der Waals surface area contributed by atoms with Gasteiger partial charge in [-0.15, -0.1) is 0 Å². The predicted molar refractivity (Wildman–Crippen MR) is 84.9 cm³/mol. The monoisotopic (exact) mass is 331 g/mol. The van der Waals surface area contributed by atoms with Gasteiger partial charge in [-0.2, -0.15) is 0 Å². The van der Waals surface area contributed by atoms with E-state index in [0.717, 1.165) is 36.5 Å². The molecule has 0 radical (unpaired) electrons. The fraction of sp³-hybridized carbons (Fsp3) is 0.294. The van der Waals surface area contributed by atoms with Gasteiger partial charge in [0.05, 0.1) is 0 Å². The van der Waals surface area contributed by atoms with Crippen LogP contribution in [0.5, 0.6) is 5.75 Å². The standard InChI is InChI=1S/C17H18BrNO/c1-13-6-7-16(18)10-15(13)12-19-8-9-20-17-5-3-2-4-14(17)11-19/h2-7,10H,8-9,11-12H2,1H3. The largest absolute Gasteiger partial charge is 0.492 e. The Bertz CT molecular complexity index is 612. The minimum absolute atomic E-state index is 0.754. The van der Waals surface area contributed by atoms with Crippen LogP contribution in [0.4, 0.5) is 0 Å². The van der Waals surface area contributed by atoms with Crippen LogP contribution in [-0.4, -0.2) is 18.1 Å². The normalized spacial score (nSPS) is 15.3. The Morgan fingerprint density at radius 2 is 2.05 bits per heavy atom. The number of aryl methyl sites for hydroxylation is 1. The van der Waals surface area contributed by atoms with Crippen molar-refractivity contribution >= 4 is 15.9 Å². The second kappa shape index (κ2) is 5.98. The van der Waals surface area contributed by atoms with Crippen molar-refractivity contribution in [3.05, 3.63) is 63.6 Å². The summed E-state index contributed by atoms with van der Waals surface area (Å²) in [6, 6.07) is 14.8. The zero-order valence-corrected chi connectivity index (χ0v) is 13.2. The molecule has 0 unspecified atom stereocenters. The van der Waals surface area contributed by atoms with E-state index in [2.05, 4.69) is 64.2 Å². The first-order chi connectivity index (χ1) is 9.72. The van der Waals surface area contributed by atoms with Crippen molar-refractivity contribution in [2.24, 2.45) is 0 Å². The Labute approximate surface area is 128 Å². The Morgan fingerprint density at radius 1 is 1.20 bits per heavy atom. The van der Waals surface area contributed by atoms with Crippen LogP contribution < -0.4 is 4.74 Å². The van der Waals surface area contributed by atoms with E-state index >= 15 is 0 Å². The summed E-state index contributed by atoms with van der Waals surface area (Å²) in [5, 5.41) is 0. The molecule has 3 rings (SSSR count). The van der Waals surface area contributed by atoms with Gasteiger partial charge in [-0.3, -0.25) is 4.90 Å². The average Bonchev–Trinajstić information content (AvgIpc) is 2.64. The Morgan fingerprint density at radius 3 is 2.95 bits per heavy atom. The molecule has 2 nitrogen and oxygen atoms in total. The topological polar surface area (TPSA) is 12.5 Å². The maximum absolute atomic E-state index is 5.82. The van der Waals surface area contributed by atoms with Crippen LogP contribution in [0.2, 0.25) is 0 Å². The minimum atomic E-state index is 0.754. The Kier molecular flexibility index (Phi) is 4.08. The van der Waals surface area contributed by atoms with Crippen LogP contribution in [-0.2, 0) is 13.1 Å². The Hall–Kier alpha value is -1.32. The second-order valence-electron chi connectivity index (χ2n) is 5.24. The maximum atomic E-state index is 5.82. The molecule has 0 amide bonds. The van der Waals surface area contributed by atoms with E-state index in [1.165, 1.54) is 16.7 Å². The summed E-state index contributed by atoms with van der Waals surface area (Å²) in [5.41, 5.74) is 3.99. The first-order valence-electron chi connectivity index (χ1n) is 6.90. The molecule has 2 aromatic carbocycles. The molecule has 0 aliphatic carbocycles. The van der Waals surface area contributed by atoms with Crippen LogP contribution in [0.15, 0.2) is 46.9 Å². The summed E-state index contributed by atoms with van der Waals surface area (Å²) >= 11 is 3.56. The van der Waals surface area contributed by atoms with Gasteiger partial charge in [-0.05, 0) is 36.2 Å². The number of para-hydroxylation sites is 1. The third-order valence-corrected chi connectivity index (χ3v) is 4.23. The highest BCUT2D eigenvalue weighted by Gasteiger charge is 2.15. The molecular formula is C17H18BrNO. The van der Waals surface area contributed by atoms with Gasteiger partial charge < -0.3 is 4.74 Å². The average molecular weight is 332 g/mol. The molecule has 0 bridgehead atoms. The predicted octanol–water partition coefficient (Wildman–Crippen LogP) is 4.15. The van der Waals surface area contributed by atoms with Crippen molar-refractivity contribution in [3.8, 4) is 5.75 Å². The highest BCUT2D eigenvalue weighted by atomic mass is 79.9. The van der Waals surface area contributed by atoms with Gasteiger partial charge in [-0.25, -0.2) is 0 Å². The number of hydrogen-bond donors (Lipinski definition) is 0. The summed E-state index contributed by atoms with van der Waals surface area (Å²) in [6.07, 6.45) is 0. The highest BCUT2D eigenvalue weighted by molar-refractivity contribution is 9.10. The number of halogens is 1. The summed E-state index contributed by atoms with van der Waals surface area (Å²) in [6.45, 7) is 5.79. The van der Waals surface area contributed by atoms with Crippen molar-refractivity contribution < 1.29 is 4.74 Å². The highest BCUT2D eigenvalue weighted by Crippen LogP contribution is 2.24. The van der Waals surface area contributed by atoms with Gasteiger partial charge in [0.15, 0.2) is 0 Å². The quantitative estimate of drug-likeness (QED) is 0.819. The van der Waals surface area contributed by atoms with E-state index in [0.29, 0.717) is 0 Å². The SMILES string of the molecule is Cc1ccc(Br)cc1CN1CCOc2ccccc2C1. The molecule has 1 aliphatic heterocycles. The molecule has 0 fully saturated rings. The number of hydrogen-bond acceptors (Lipinski definition) is 2. The Balaban J connectivity index is 1.80. The van der Waals surface area contributed by atoms with Crippen LogP contribution in [0.25, 0.3) is 0 Å². The third kappa shape index (κ3) is 3.05. The molecule has 104 valence electrons. The van der Waals surface area contributed by atoms with Crippen LogP contribution in [0, 0.1) is 6.92 Å². The fourth-order valence-electron chi connectivity index (χ4n) is 2.57. The molecular weight excluding hydrogens is 314 g/mol. The minimum Gasteiger partial charge on any atom is -0.492 e. The van der Waals surface area contributed by atoms with Gasteiger partial charge in [0.1, 0.15) is 12.4 Å².